The van der Waals surface area contributed by atoms with Crippen LogP contribution in [0.4, 0.5) is 18.9 Å². The van der Waals surface area contributed by atoms with Crippen LogP contribution >= 0.6 is 11.8 Å². The average Bonchev–Trinajstić information content (AvgIpc) is 2.76. The van der Waals surface area contributed by atoms with Gasteiger partial charge in [-0.2, -0.15) is 13.2 Å². The Labute approximate surface area is 155 Å². The molecule has 0 saturated carbocycles. The number of fused-ring (bicyclic) bond motifs is 1. The van der Waals surface area contributed by atoms with Crippen LogP contribution in [0.3, 0.4) is 0 Å². The number of carbonyl (C=O) groups is 1. The minimum Gasteiger partial charge on any atom is -0.465 e. The van der Waals surface area contributed by atoms with Crippen LogP contribution in [-0.2, 0) is 15.7 Å². The second-order valence-corrected chi connectivity index (χ2v) is 7.82. The Kier molecular flexibility index (Phi) is 6.55. The number of alkyl halides is 3. The molecule has 1 aliphatic heterocycles. The minimum atomic E-state index is -4.43. The average molecular weight is 385 g/mol. The summed E-state index contributed by atoms with van der Waals surface area (Å²) in [6.07, 6.45) is 1.91. The maximum Gasteiger partial charge on any atom is 0.416 e. The molecule has 1 aromatic carbocycles. The van der Waals surface area contributed by atoms with Gasteiger partial charge in [-0.15, -0.1) is 11.8 Å². The quantitative estimate of drug-likeness (QED) is 0.575. The Balaban J connectivity index is 2.42. The fraction of sp³-hybridized carbons (Fsp3) is 0.474. The summed E-state index contributed by atoms with van der Waals surface area (Å²) in [7, 11) is 0. The fourth-order valence-electron chi connectivity index (χ4n) is 2.81. The highest BCUT2D eigenvalue weighted by molar-refractivity contribution is 8.01. The van der Waals surface area contributed by atoms with Crippen LogP contribution in [-0.4, -0.2) is 23.5 Å². The Morgan fingerprint density at radius 3 is 2.65 bits per heavy atom. The van der Waals surface area contributed by atoms with Gasteiger partial charge in [-0.25, -0.2) is 0 Å². The van der Waals surface area contributed by atoms with Crippen molar-refractivity contribution in [2.45, 2.75) is 49.8 Å². The second-order valence-electron chi connectivity index (χ2n) is 6.17. The van der Waals surface area contributed by atoms with Gasteiger partial charge in [-0.1, -0.05) is 19.4 Å². The minimum absolute atomic E-state index is 0.261. The number of halogens is 3. The smallest absolute Gasteiger partial charge is 0.416 e. The van der Waals surface area contributed by atoms with Crippen LogP contribution in [0.1, 0.15) is 50.0 Å². The van der Waals surface area contributed by atoms with Gasteiger partial charge < -0.3 is 4.74 Å². The molecule has 0 amide bonds. The van der Waals surface area contributed by atoms with Crippen molar-refractivity contribution in [3.63, 3.8) is 0 Å². The van der Waals surface area contributed by atoms with Crippen molar-refractivity contribution >= 4 is 29.6 Å². The van der Waals surface area contributed by atoms with E-state index in [2.05, 4.69) is 4.99 Å². The molecule has 0 bridgehead atoms. The van der Waals surface area contributed by atoms with Crippen LogP contribution in [0.15, 0.2) is 35.3 Å². The van der Waals surface area contributed by atoms with Gasteiger partial charge in [-0.3, -0.25) is 9.79 Å². The zero-order valence-electron chi connectivity index (χ0n) is 15.0. The first-order valence-corrected chi connectivity index (χ1v) is 9.36. The van der Waals surface area contributed by atoms with Gasteiger partial charge in [0.1, 0.15) is 4.75 Å². The Morgan fingerprint density at radius 1 is 1.31 bits per heavy atom. The lowest BCUT2D eigenvalue weighted by atomic mass is 10.0. The first kappa shape index (κ1) is 20.6. The first-order valence-electron chi connectivity index (χ1n) is 8.48. The third-order valence-electron chi connectivity index (χ3n) is 4.07. The molecule has 3 nitrogen and oxygen atoms in total. The van der Waals surface area contributed by atoms with Gasteiger partial charge >= 0.3 is 12.1 Å². The second kappa shape index (κ2) is 8.29. The summed E-state index contributed by atoms with van der Waals surface area (Å²) in [4.78, 5) is 16.7. The van der Waals surface area contributed by atoms with E-state index in [0.29, 0.717) is 17.7 Å². The predicted molar refractivity (Wildman–Crippen MR) is 99.0 cm³/mol. The number of carbonyl (C=O) groups excluding carboxylic acids is 1. The topological polar surface area (TPSA) is 38.7 Å². The van der Waals surface area contributed by atoms with E-state index in [1.807, 2.05) is 6.92 Å². The summed E-state index contributed by atoms with van der Waals surface area (Å²) in [6, 6.07) is 3.52. The molecule has 2 rings (SSSR count). The van der Waals surface area contributed by atoms with E-state index < -0.39 is 21.7 Å². The highest BCUT2D eigenvalue weighted by Gasteiger charge is 2.38. The SMILES string of the molecule is CCCC(C)(SC1C=CC=Nc2ccc(C(F)(F)F)cc21)C(=O)OCC. The molecule has 1 aliphatic rings. The zero-order valence-corrected chi connectivity index (χ0v) is 15.8. The highest BCUT2D eigenvalue weighted by Crippen LogP contribution is 2.47. The normalized spacial score (nSPS) is 18.8. The Morgan fingerprint density at radius 2 is 2.04 bits per heavy atom. The van der Waals surface area contributed by atoms with Gasteiger partial charge in [0, 0.05) is 6.21 Å². The third-order valence-corrected chi connectivity index (χ3v) is 5.62. The van der Waals surface area contributed by atoms with Crippen LogP contribution in [0.2, 0.25) is 0 Å². The van der Waals surface area contributed by atoms with E-state index in [0.717, 1.165) is 18.6 Å². The number of allylic oxidation sites excluding steroid dienone is 1. The molecule has 2 unspecified atom stereocenters. The molecule has 0 spiro atoms. The number of ether oxygens (including phenoxy) is 1. The molecule has 1 heterocycles. The Bertz CT molecular complexity index is 715. The lowest BCUT2D eigenvalue weighted by Crippen LogP contribution is -2.34. The monoisotopic (exact) mass is 385 g/mol. The van der Waals surface area contributed by atoms with Gasteiger partial charge in [0.2, 0.25) is 0 Å². The largest absolute Gasteiger partial charge is 0.465 e. The van der Waals surface area contributed by atoms with Crippen LogP contribution in [0.5, 0.6) is 0 Å². The van der Waals surface area contributed by atoms with Crippen molar-refractivity contribution in [3.05, 3.63) is 41.5 Å². The number of benzene rings is 1. The molecule has 7 heteroatoms. The van der Waals surface area contributed by atoms with E-state index in [9.17, 15) is 18.0 Å². The number of nitrogens with zero attached hydrogens (tertiary/aromatic N) is 1. The molecular weight excluding hydrogens is 363 g/mol. The van der Waals surface area contributed by atoms with Crippen molar-refractivity contribution in [3.8, 4) is 0 Å². The number of aliphatic imine (C=N–C) groups is 1. The number of rotatable bonds is 6. The third kappa shape index (κ3) is 4.69. The van der Waals surface area contributed by atoms with Crippen molar-refractivity contribution in [2.24, 2.45) is 4.99 Å². The standard InChI is InChI=1S/C19H22F3NO2S/c1-4-10-18(3,17(24)25-5-2)26-16-7-6-11-23-15-9-8-13(12-14(15)16)19(20,21)22/h6-9,11-12,16H,4-5,10H2,1-3H3. The van der Waals surface area contributed by atoms with E-state index in [-0.39, 0.29) is 12.6 Å². The lowest BCUT2D eigenvalue weighted by molar-refractivity contribution is -0.145. The van der Waals surface area contributed by atoms with Gasteiger partial charge in [0.15, 0.2) is 0 Å². The molecule has 0 aromatic heterocycles. The predicted octanol–water partition coefficient (Wildman–Crippen LogP) is 5.87. The first-order chi connectivity index (χ1) is 12.2. The summed E-state index contributed by atoms with van der Waals surface area (Å²) in [5.74, 6) is -0.348. The van der Waals surface area contributed by atoms with Crippen LogP contribution < -0.4 is 0 Å². The number of hydrogen-bond donors (Lipinski definition) is 0. The van der Waals surface area contributed by atoms with Crippen molar-refractivity contribution in [1.82, 2.24) is 0 Å². The highest BCUT2D eigenvalue weighted by atomic mass is 32.2. The van der Waals surface area contributed by atoms with Gasteiger partial charge in [0.05, 0.1) is 23.1 Å². The van der Waals surface area contributed by atoms with Gasteiger partial charge in [-0.05, 0) is 50.1 Å². The molecule has 2 atom stereocenters. The molecule has 26 heavy (non-hydrogen) atoms. The molecule has 142 valence electrons. The summed E-state index contributed by atoms with van der Waals surface area (Å²) in [6.45, 7) is 5.74. The maximum absolute atomic E-state index is 13.1. The van der Waals surface area contributed by atoms with E-state index in [1.54, 1.807) is 32.2 Å². The van der Waals surface area contributed by atoms with E-state index >= 15 is 0 Å². The van der Waals surface area contributed by atoms with Crippen molar-refractivity contribution in [1.29, 1.82) is 0 Å². The molecule has 0 saturated heterocycles. The summed E-state index contributed by atoms with van der Waals surface area (Å²) >= 11 is 1.31. The van der Waals surface area contributed by atoms with E-state index in [4.69, 9.17) is 4.74 Å². The fourth-order valence-corrected chi connectivity index (χ4v) is 4.33. The van der Waals surface area contributed by atoms with Gasteiger partial charge in [0.25, 0.3) is 0 Å². The number of thioether (sulfide) groups is 1. The van der Waals surface area contributed by atoms with Crippen LogP contribution in [0.25, 0.3) is 0 Å². The lowest BCUT2D eigenvalue weighted by Gasteiger charge is -2.30. The van der Waals surface area contributed by atoms with Crippen molar-refractivity contribution in [2.75, 3.05) is 6.61 Å². The van der Waals surface area contributed by atoms with Crippen molar-refractivity contribution < 1.29 is 22.7 Å². The number of esters is 1. The molecule has 1 aromatic rings. The molecule has 0 aliphatic carbocycles. The maximum atomic E-state index is 13.1. The molecule has 0 fully saturated rings. The van der Waals surface area contributed by atoms with Crippen LogP contribution in [0, 0.1) is 0 Å². The van der Waals surface area contributed by atoms with E-state index in [1.165, 1.54) is 17.8 Å². The summed E-state index contributed by atoms with van der Waals surface area (Å²) in [5.41, 5.74) is 0.199. The summed E-state index contributed by atoms with van der Waals surface area (Å²) in [5, 5.41) is -0.434. The molecule has 0 radical (unpaired) electrons. The Hall–Kier alpha value is -1.76. The molecule has 0 N–H and O–H groups in total. The molecular formula is C19H22F3NO2S. The summed E-state index contributed by atoms with van der Waals surface area (Å²) < 4.78 is 43.8. The number of hydrogen-bond acceptors (Lipinski definition) is 4. The zero-order chi connectivity index (χ0) is 19.4.